The highest BCUT2D eigenvalue weighted by Crippen LogP contribution is 2.20. The molecule has 1 aromatic heterocycles. The molecule has 2 aromatic rings. The van der Waals surface area contributed by atoms with Crippen LogP contribution in [-0.4, -0.2) is 37.1 Å². The van der Waals surface area contributed by atoms with E-state index in [1.165, 1.54) is 6.26 Å². The number of rotatable bonds is 4. The van der Waals surface area contributed by atoms with Gasteiger partial charge in [0.1, 0.15) is 15.6 Å². The van der Waals surface area contributed by atoms with Gasteiger partial charge in [-0.1, -0.05) is 0 Å². The van der Waals surface area contributed by atoms with E-state index in [-0.39, 0.29) is 5.75 Å². The first kappa shape index (κ1) is 13.1. The second-order valence-corrected chi connectivity index (χ2v) is 6.74. The van der Waals surface area contributed by atoms with Gasteiger partial charge in [0.25, 0.3) is 0 Å². The van der Waals surface area contributed by atoms with Gasteiger partial charge in [-0.3, -0.25) is 0 Å². The first-order valence-electron chi connectivity index (χ1n) is 5.35. The summed E-state index contributed by atoms with van der Waals surface area (Å²) in [6.07, 6.45) is 1.22. The standard InChI is InChI=1S/C11H14N2O3S2/c1-16-8-3-4-10-9(7-8)12-11(17)13(10)5-6-18(2,14)15/h3-4,7H,5-6H2,1-2H3,(H,12,17). The fraction of sp³-hybridized carbons (Fsp3) is 0.364. The van der Waals surface area contributed by atoms with Crippen molar-refractivity contribution in [1.82, 2.24) is 9.55 Å². The Kier molecular flexibility index (Phi) is 3.45. The third-order valence-corrected chi connectivity index (χ3v) is 3.91. The lowest BCUT2D eigenvalue weighted by molar-refractivity contribution is 0.415. The van der Waals surface area contributed by atoms with E-state index >= 15 is 0 Å². The largest absolute Gasteiger partial charge is 0.497 e. The maximum Gasteiger partial charge on any atom is 0.178 e. The molecule has 0 unspecified atom stereocenters. The van der Waals surface area contributed by atoms with E-state index in [9.17, 15) is 8.42 Å². The Labute approximate surface area is 110 Å². The van der Waals surface area contributed by atoms with Crippen molar-refractivity contribution in [2.75, 3.05) is 19.1 Å². The number of aromatic amines is 1. The van der Waals surface area contributed by atoms with Crippen LogP contribution in [0.4, 0.5) is 0 Å². The molecule has 98 valence electrons. The summed E-state index contributed by atoms with van der Waals surface area (Å²) < 4.78 is 29.8. The number of hydrogen-bond acceptors (Lipinski definition) is 4. The molecular weight excluding hydrogens is 272 g/mol. The van der Waals surface area contributed by atoms with Crippen LogP contribution in [-0.2, 0) is 16.4 Å². The average Bonchev–Trinajstić information content (AvgIpc) is 2.60. The van der Waals surface area contributed by atoms with Crippen LogP contribution >= 0.6 is 12.2 Å². The van der Waals surface area contributed by atoms with E-state index in [0.717, 1.165) is 16.8 Å². The Morgan fingerprint density at radius 2 is 2.17 bits per heavy atom. The third-order valence-electron chi connectivity index (χ3n) is 2.67. The predicted octanol–water partition coefficient (Wildman–Crippen LogP) is 1.75. The predicted molar refractivity (Wildman–Crippen MR) is 73.4 cm³/mol. The number of hydrogen-bond donors (Lipinski definition) is 1. The molecule has 0 aliphatic heterocycles. The van der Waals surface area contributed by atoms with Crippen LogP contribution < -0.4 is 4.74 Å². The van der Waals surface area contributed by atoms with Crippen LogP contribution in [0.25, 0.3) is 11.0 Å². The number of H-pyrrole nitrogens is 1. The lowest BCUT2D eigenvalue weighted by atomic mass is 10.3. The van der Waals surface area contributed by atoms with Crippen LogP contribution in [0, 0.1) is 4.77 Å². The summed E-state index contributed by atoms with van der Waals surface area (Å²) in [5.41, 5.74) is 1.72. The molecule has 0 saturated heterocycles. The summed E-state index contributed by atoms with van der Waals surface area (Å²) in [4.78, 5) is 3.04. The minimum Gasteiger partial charge on any atom is -0.497 e. The fourth-order valence-electron chi connectivity index (χ4n) is 1.75. The van der Waals surface area contributed by atoms with E-state index in [4.69, 9.17) is 17.0 Å². The molecule has 0 radical (unpaired) electrons. The van der Waals surface area contributed by atoms with Gasteiger partial charge in [-0.05, 0) is 24.4 Å². The molecule has 0 spiro atoms. The van der Waals surface area contributed by atoms with Gasteiger partial charge in [0.05, 0.1) is 23.9 Å². The van der Waals surface area contributed by atoms with Crippen molar-refractivity contribution in [1.29, 1.82) is 0 Å². The molecule has 0 fully saturated rings. The summed E-state index contributed by atoms with van der Waals surface area (Å²) in [5.74, 6) is 0.800. The van der Waals surface area contributed by atoms with Crippen molar-refractivity contribution < 1.29 is 13.2 Å². The van der Waals surface area contributed by atoms with Gasteiger partial charge in [-0.15, -0.1) is 0 Å². The van der Waals surface area contributed by atoms with Crippen LogP contribution in [0.1, 0.15) is 0 Å². The van der Waals surface area contributed by atoms with E-state index < -0.39 is 9.84 Å². The van der Waals surface area contributed by atoms with Crippen LogP contribution in [0.15, 0.2) is 18.2 Å². The molecule has 2 rings (SSSR count). The second-order valence-electron chi connectivity index (χ2n) is 4.09. The molecule has 0 saturated carbocycles. The lowest BCUT2D eigenvalue weighted by Crippen LogP contribution is -2.11. The molecule has 0 aliphatic rings. The molecule has 1 heterocycles. The summed E-state index contributed by atoms with van der Waals surface area (Å²) in [5, 5.41) is 0. The Balaban J connectivity index is 2.45. The van der Waals surface area contributed by atoms with Gasteiger partial charge in [0.15, 0.2) is 4.77 Å². The molecule has 7 heteroatoms. The summed E-state index contributed by atoms with van der Waals surface area (Å²) in [7, 11) is -1.41. The van der Waals surface area contributed by atoms with Gasteiger partial charge >= 0.3 is 0 Å². The highest BCUT2D eigenvalue weighted by atomic mass is 32.2. The number of aryl methyl sites for hydroxylation is 1. The molecule has 0 amide bonds. The topological polar surface area (TPSA) is 64.1 Å². The number of nitrogens with one attached hydrogen (secondary N) is 1. The van der Waals surface area contributed by atoms with Gasteiger partial charge in [-0.25, -0.2) is 8.42 Å². The third kappa shape index (κ3) is 2.73. The van der Waals surface area contributed by atoms with Crippen LogP contribution in [0.3, 0.4) is 0 Å². The summed E-state index contributed by atoms with van der Waals surface area (Å²) in [6, 6.07) is 5.52. The zero-order chi connectivity index (χ0) is 13.3. The zero-order valence-corrected chi connectivity index (χ0v) is 11.8. The Hall–Kier alpha value is -1.34. The zero-order valence-electron chi connectivity index (χ0n) is 10.1. The number of sulfone groups is 1. The number of benzene rings is 1. The molecule has 0 bridgehead atoms. The van der Waals surface area contributed by atoms with Crippen molar-refractivity contribution in [3.05, 3.63) is 23.0 Å². The number of ether oxygens (including phenoxy) is 1. The Morgan fingerprint density at radius 3 is 2.78 bits per heavy atom. The van der Waals surface area contributed by atoms with Gasteiger partial charge in [0, 0.05) is 18.9 Å². The molecule has 0 atom stereocenters. The summed E-state index contributed by atoms with van der Waals surface area (Å²) >= 11 is 5.19. The highest BCUT2D eigenvalue weighted by Gasteiger charge is 2.08. The van der Waals surface area contributed by atoms with E-state index in [2.05, 4.69) is 4.98 Å². The number of aromatic nitrogens is 2. The van der Waals surface area contributed by atoms with Crippen molar-refractivity contribution in [2.24, 2.45) is 0 Å². The quantitative estimate of drug-likeness (QED) is 0.870. The van der Waals surface area contributed by atoms with Gasteiger partial charge in [0.2, 0.25) is 0 Å². The monoisotopic (exact) mass is 286 g/mol. The lowest BCUT2D eigenvalue weighted by Gasteiger charge is -2.04. The van der Waals surface area contributed by atoms with Crippen molar-refractivity contribution >= 4 is 33.1 Å². The molecule has 0 aliphatic carbocycles. The molecular formula is C11H14N2O3S2. The minimum absolute atomic E-state index is 0.0697. The minimum atomic E-state index is -3.00. The van der Waals surface area contributed by atoms with Crippen molar-refractivity contribution in [2.45, 2.75) is 6.54 Å². The number of fused-ring (bicyclic) bond motifs is 1. The molecule has 1 aromatic carbocycles. The van der Waals surface area contributed by atoms with Gasteiger partial charge < -0.3 is 14.3 Å². The SMILES string of the molecule is COc1ccc2c(c1)[nH]c(=S)n2CCS(C)(=O)=O. The smallest absolute Gasteiger partial charge is 0.178 e. The summed E-state index contributed by atoms with van der Waals surface area (Å²) in [6.45, 7) is 0.351. The first-order valence-corrected chi connectivity index (χ1v) is 7.82. The number of methoxy groups -OCH3 is 1. The van der Waals surface area contributed by atoms with E-state index in [1.54, 1.807) is 11.7 Å². The molecule has 1 N–H and O–H groups in total. The Bertz CT molecular complexity index is 728. The van der Waals surface area contributed by atoms with Crippen molar-refractivity contribution in [3.8, 4) is 5.75 Å². The first-order chi connectivity index (χ1) is 8.40. The second kappa shape index (κ2) is 4.74. The molecule has 18 heavy (non-hydrogen) atoms. The van der Waals surface area contributed by atoms with Crippen molar-refractivity contribution in [3.63, 3.8) is 0 Å². The average molecular weight is 286 g/mol. The number of nitrogens with zero attached hydrogens (tertiary/aromatic N) is 1. The van der Waals surface area contributed by atoms with E-state index in [1.807, 2.05) is 18.2 Å². The normalized spacial score (nSPS) is 11.9. The molecule has 5 nitrogen and oxygen atoms in total. The maximum absolute atomic E-state index is 11.2. The van der Waals surface area contributed by atoms with Crippen LogP contribution in [0.5, 0.6) is 5.75 Å². The highest BCUT2D eigenvalue weighted by molar-refractivity contribution is 7.90. The fourth-order valence-corrected chi connectivity index (χ4v) is 2.56. The Morgan fingerprint density at radius 1 is 1.44 bits per heavy atom. The van der Waals surface area contributed by atoms with E-state index in [0.29, 0.717) is 11.3 Å². The maximum atomic E-state index is 11.2. The van der Waals surface area contributed by atoms with Gasteiger partial charge in [-0.2, -0.15) is 0 Å². The van der Waals surface area contributed by atoms with Crippen LogP contribution in [0.2, 0.25) is 0 Å². The number of imidazole rings is 1.